The molecule has 0 aromatic heterocycles. The summed E-state index contributed by atoms with van der Waals surface area (Å²) in [5, 5.41) is 3.02. The van der Waals surface area contributed by atoms with Crippen molar-refractivity contribution in [2.75, 3.05) is 33.9 Å². The Morgan fingerprint density at radius 1 is 0.806 bits per heavy atom. The maximum Gasteiger partial charge on any atom is 0.308 e. The number of aryl methyl sites for hydroxylation is 1. The first-order valence-corrected chi connectivity index (χ1v) is 13.3. The van der Waals surface area contributed by atoms with Crippen molar-refractivity contribution in [2.24, 2.45) is 0 Å². The van der Waals surface area contributed by atoms with Crippen LogP contribution in [0.1, 0.15) is 62.5 Å². The Bertz CT molecular complexity index is 843. The lowest BCUT2D eigenvalue weighted by Gasteiger charge is -2.22. The number of esters is 1. The van der Waals surface area contributed by atoms with E-state index in [4.69, 9.17) is 9.47 Å². The van der Waals surface area contributed by atoms with Crippen molar-refractivity contribution in [2.45, 2.75) is 70.4 Å². The van der Waals surface area contributed by atoms with Gasteiger partial charge in [-0.05, 0) is 50.9 Å². The van der Waals surface area contributed by atoms with Crippen LogP contribution in [0.5, 0.6) is 0 Å². The Morgan fingerprint density at radius 2 is 1.42 bits per heavy atom. The molecule has 0 aliphatic carbocycles. The average Bonchev–Trinajstić information content (AvgIpc) is 2.87. The standard InChI is InChI=1S/C30H44N2O4/c1-32(2)24-28(23-30(34)36-25-27-17-10-7-11-18-27)31-29(33)20-12-4-3-5-13-21-35-22-14-19-26-15-8-6-9-16-26/h6-11,15-18,28H,3-5,12-14,19-25H2,1-2H3,(H,31,33). The van der Waals surface area contributed by atoms with Gasteiger partial charge in [0.25, 0.3) is 0 Å². The minimum absolute atomic E-state index is 0.000501. The number of nitrogens with zero attached hydrogens (tertiary/aromatic N) is 1. The Morgan fingerprint density at radius 3 is 2.11 bits per heavy atom. The fourth-order valence-electron chi connectivity index (χ4n) is 4.05. The number of amides is 1. The molecule has 0 saturated carbocycles. The summed E-state index contributed by atoms with van der Waals surface area (Å²) in [6.45, 7) is 2.46. The molecule has 0 saturated heterocycles. The van der Waals surface area contributed by atoms with Gasteiger partial charge in [-0.15, -0.1) is 0 Å². The molecule has 1 N–H and O–H groups in total. The highest BCUT2D eigenvalue weighted by molar-refractivity contribution is 5.77. The minimum Gasteiger partial charge on any atom is -0.461 e. The van der Waals surface area contributed by atoms with E-state index in [0.717, 1.165) is 63.7 Å². The summed E-state index contributed by atoms with van der Waals surface area (Å²) in [7, 11) is 3.86. The first kappa shape index (κ1) is 29.5. The molecule has 36 heavy (non-hydrogen) atoms. The molecular weight excluding hydrogens is 452 g/mol. The third-order valence-corrected chi connectivity index (χ3v) is 5.90. The third-order valence-electron chi connectivity index (χ3n) is 5.90. The van der Waals surface area contributed by atoms with Gasteiger partial charge in [0.05, 0.1) is 12.5 Å². The molecule has 0 fully saturated rings. The second-order valence-corrected chi connectivity index (χ2v) is 9.60. The maximum atomic E-state index is 12.4. The Labute approximate surface area is 217 Å². The fraction of sp³-hybridized carbons (Fsp3) is 0.533. The predicted molar refractivity (Wildman–Crippen MR) is 145 cm³/mol. The summed E-state index contributed by atoms with van der Waals surface area (Å²) in [5.74, 6) is -0.298. The number of unbranched alkanes of at least 4 members (excludes halogenated alkanes) is 4. The summed E-state index contributed by atoms with van der Waals surface area (Å²) < 4.78 is 11.1. The van der Waals surface area contributed by atoms with E-state index in [1.165, 1.54) is 5.56 Å². The zero-order valence-electron chi connectivity index (χ0n) is 22.1. The molecule has 0 spiro atoms. The summed E-state index contributed by atoms with van der Waals surface area (Å²) >= 11 is 0. The maximum absolute atomic E-state index is 12.4. The number of nitrogens with one attached hydrogen (secondary N) is 1. The Hall–Kier alpha value is -2.70. The van der Waals surface area contributed by atoms with Gasteiger partial charge in [-0.25, -0.2) is 0 Å². The molecule has 0 aliphatic heterocycles. The zero-order valence-corrected chi connectivity index (χ0v) is 22.1. The van der Waals surface area contributed by atoms with Crippen LogP contribution in [0.3, 0.4) is 0 Å². The Kier molecular flexibility index (Phi) is 15.2. The van der Waals surface area contributed by atoms with Crippen LogP contribution in [0.15, 0.2) is 60.7 Å². The van der Waals surface area contributed by atoms with E-state index in [-0.39, 0.29) is 30.9 Å². The van der Waals surface area contributed by atoms with Gasteiger partial charge in [0.15, 0.2) is 0 Å². The van der Waals surface area contributed by atoms with Gasteiger partial charge < -0.3 is 19.7 Å². The van der Waals surface area contributed by atoms with Crippen LogP contribution in [0.4, 0.5) is 0 Å². The van der Waals surface area contributed by atoms with Gasteiger partial charge >= 0.3 is 5.97 Å². The molecule has 6 heteroatoms. The largest absolute Gasteiger partial charge is 0.461 e. The fourth-order valence-corrected chi connectivity index (χ4v) is 4.05. The zero-order chi connectivity index (χ0) is 25.8. The number of rotatable bonds is 19. The monoisotopic (exact) mass is 496 g/mol. The van der Waals surface area contributed by atoms with Crippen LogP contribution in [-0.2, 0) is 32.1 Å². The van der Waals surface area contributed by atoms with Crippen LogP contribution in [0.25, 0.3) is 0 Å². The van der Waals surface area contributed by atoms with Gasteiger partial charge in [0.2, 0.25) is 5.91 Å². The van der Waals surface area contributed by atoms with E-state index in [1.54, 1.807) is 0 Å². The summed E-state index contributed by atoms with van der Waals surface area (Å²) in [5.41, 5.74) is 2.31. The third kappa shape index (κ3) is 14.6. The van der Waals surface area contributed by atoms with Crippen molar-refractivity contribution in [3.05, 3.63) is 71.8 Å². The molecule has 198 valence electrons. The van der Waals surface area contributed by atoms with Crippen LogP contribution >= 0.6 is 0 Å². The first-order valence-electron chi connectivity index (χ1n) is 13.3. The summed E-state index contributed by atoms with van der Waals surface area (Å²) in [6.07, 6.45) is 7.95. The molecule has 2 rings (SSSR count). The topological polar surface area (TPSA) is 67.9 Å². The van der Waals surface area contributed by atoms with E-state index < -0.39 is 0 Å². The second-order valence-electron chi connectivity index (χ2n) is 9.60. The Balaban J connectivity index is 1.49. The lowest BCUT2D eigenvalue weighted by atomic mass is 10.1. The van der Waals surface area contributed by atoms with Crippen LogP contribution in [0.2, 0.25) is 0 Å². The minimum atomic E-state index is -0.298. The molecule has 1 atom stereocenters. The van der Waals surface area contributed by atoms with Crippen LogP contribution < -0.4 is 5.32 Å². The number of likely N-dealkylation sites (N-methyl/N-ethyl adjacent to an activating group) is 1. The average molecular weight is 497 g/mol. The van der Waals surface area contributed by atoms with Gasteiger partial charge in [-0.3, -0.25) is 9.59 Å². The molecule has 0 bridgehead atoms. The molecule has 2 aromatic rings. The molecule has 2 aromatic carbocycles. The summed E-state index contributed by atoms with van der Waals surface area (Å²) in [6, 6.07) is 19.9. The number of carbonyl (C=O) groups is 2. The van der Waals surface area contributed by atoms with E-state index in [1.807, 2.05) is 55.4 Å². The van der Waals surface area contributed by atoms with E-state index >= 15 is 0 Å². The van der Waals surface area contributed by atoms with Crippen molar-refractivity contribution < 1.29 is 19.1 Å². The highest BCUT2D eigenvalue weighted by Crippen LogP contribution is 2.08. The van der Waals surface area contributed by atoms with Crippen molar-refractivity contribution in [3.8, 4) is 0 Å². The van der Waals surface area contributed by atoms with Crippen molar-refractivity contribution in [1.82, 2.24) is 10.2 Å². The van der Waals surface area contributed by atoms with Gasteiger partial charge in [0, 0.05) is 26.2 Å². The van der Waals surface area contributed by atoms with Crippen molar-refractivity contribution in [3.63, 3.8) is 0 Å². The SMILES string of the molecule is CN(C)CC(CC(=O)OCc1ccccc1)NC(=O)CCCCCCCOCCCc1ccccc1. The van der Waals surface area contributed by atoms with Gasteiger partial charge in [-0.1, -0.05) is 79.9 Å². The lowest BCUT2D eigenvalue weighted by molar-refractivity contribution is -0.145. The second kappa shape index (κ2) is 18.6. The molecular formula is C30H44N2O4. The van der Waals surface area contributed by atoms with Gasteiger partial charge in [-0.2, -0.15) is 0 Å². The molecule has 0 radical (unpaired) electrons. The number of carbonyl (C=O) groups excluding carboxylic acids is 2. The van der Waals surface area contributed by atoms with Crippen LogP contribution in [-0.4, -0.2) is 56.7 Å². The van der Waals surface area contributed by atoms with E-state index in [9.17, 15) is 9.59 Å². The smallest absolute Gasteiger partial charge is 0.308 e. The molecule has 1 unspecified atom stereocenters. The number of benzene rings is 2. The highest BCUT2D eigenvalue weighted by Gasteiger charge is 2.18. The molecule has 1 amide bonds. The predicted octanol–water partition coefficient (Wildman–Crippen LogP) is 5.16. The van der Waals surface area contributed by atoms with Crippen molar-refractivity contribution >= 4 is 11.9 Å². The molecule has 6 nitrogen and oxygen atoms in total. The number of ether oxygens (including phenoxy) is 2. The van der Waals surface area contributed by atoms with Gasteiger partial charge in [0.1, 0.15) is 6.61 Å². The quantitative estimate of drug-likeness (QED) is 0.215. The van der Waals surface area contributed by atoms with Crippen LogP contribution in [0, 0.1) is 0 Å². The molecule has 0 aliphatic rings. The molecule has 0 heterocycles. The lowest BCUT2D eigenvalue weighted by Crippen LogP contribution is -2.43. The van der Waals surface area contributed by atoms with Crippen molar-refractivity contribution in [1.29, 1.82) is 0 Å². The van der Waals surface area contributed by atoms with E-state index in [2.05, 4.69) is 29.6 Å². The first-order chi connectivity index (χ1) is 17.5. The number of hydrogen-bond acceptors (Lipinski definition) is 5. The summed E-state index contributed by atoms with van der Waals surface area (Å²) in [4.78, 5) is 26.7. The normalized spacial score (nSPS) is 11.9. The highest BCUT2D eigenvalue weighted by atomic mass is 16.5. The van der Waals surface area contributed by atoms with E-state index in [0.29, 0.717) is 13.0 Å². The number of hydrogen-bond donors (Lipinski definition) is 1.